The monoisotopic (exact) mass is 360 g/mol. The molecule has 25 heavy (non-hydrogen) atoms. The van der Waals surface area contributed by atoms with Crippen molar-refractivity contribution in [2.24, 2.45) is 11.7 Å². The average molecular weight is 360 g/mol. The molecule has 0 saturated carbocycles. The number of carbonyl (C=O) groups excluding carboxylic acids is 3. The van der Waals surface area contributed by atoms with Crippen molar-refractivity contribution in [2.75, 3.05) is 14.2 Å². The highest BCUT2D eigenvalue weighted by molar-refractivity contribution is 5.90. The van der Waals surface area contributed by atoms with E-state index in [2.05, 4.69) is 5.43 Å². The van der Waals surface area contributed by atoms with E-state index in [9.17, 15) is 14.4 Å². The molecule has 0 aromatic rings. The van der Waals surface area contributed by atoms with Gasteiger partial charge >= 0.3 is 6.09 Å². The fourth-order valence-electron chi connectivity index (χ4n) is 1.97. The molecule has 0 saturated heterocycles. The number of carbonyl (C=O) groups is 3. The summed E-state index contributed by atoms with van der Waals surface area (Å²) in [5.74, 6) is -1.02. The van der Waals surface area contributed by atoms with Gasteiger partial charge in [0.2, 0.25) is 0 Å². The Morgan fingerprint density at radius 1 is 1.12 bits per heavy atom. The number of amides is 3. The third kappa shape index (κ3) is 8.17. The van der Waals surface area contributed by atoms with Gasteiger partial charge in [-0.15, -0.1) is 0 Å². The van der Waals surface area contributed by atoms with E-state index < -0.39 is 35.6 Å². The number of nitrogens with one attached hydrogen (secondary N) is 1. The molecule has 0 radical (unpaired) electrons. The Balaban J connectivity index is 5.65. The molecule has 0 spiro atoms. The Hall–Kier alpha value is -1.87. The first-order chi connectivity index (χ1) is 11.3. The van der Waals surface area contributed by atoms with Gasteiger partial charge in [0.1, 0.15) is 11.6 Å². The van der Waals surface area contributed by atoms with Gasteiger partial charge < -0.3 is 10.5 Å². The molecule has 3 N–H and O–H groups in total. The Bertz CT molecular complexity index is 474. The number of hydrogen-bond acceptors (Lipinski definition) is 6. The van der Waals surface area contributed by atoms with Crippen LogP contribution in [0.5, 0.6) is 0 Å². The quantitative estimate of drug-likeness (QED) is 0.684. The van der Waals surface area contributed by atoms with E-state index in [1.807, 2.05) is 13.8 Å². The van der Waals surface area contributed by atoms with Crippen molar-refractivity contribution in [3.63, 3.8) is 0 Å². The van der Waals surface area contributed by atoms with E-state index >= 15 is 0 Å². The molecule has 9 nitrogen and oxygen atoms in total. The Labute approximate surface area is 149 Å². The Morgan fingerprint density at radius 3 is 2.00 bits per heavy atom. The second-order valence-electron chi connectivity index (χ2n) is 7.27. The second-order valence-corrected chi connectivity index (χ2v) is 7.27. The van der Waals surface area contributed by atoms with E-state index in [4.69, 9.17) is 15.3 Å². The molecule has 0 bridgehead atoms. The second kappa shape index (κ2) is 9.57. The number of hydrogen-bond donors (Lipinski definition) is 2. The molecule has 0 aromatic carbocycles. The minimum Gasteiger partial charge on any atom is -0.443 e. The number of hydrazine groups is 1. The number of nitrogens with two attached hydrogens (primary N) is 1. The van der Waals surface area contributed by atoms with Crippen LogP contribution in [0.15, 0.2) is 0 Å². The third-order valence-electron chi connectivity index (χ3n) is 3.11. The molecule has 0 aliphatic heterocycles. The van der Waals surface area contributed by atoms with Gasteiger partial charge in [0.15, 0.2) is 0 Å². The molecule has 0 fully saturated rings. The number of ether oxygens (including phenoxy) is 1. The van der Waals surface area contributed by atoms with Crippen LogP contribution in [0.2, 0.25) is 0 Å². The molecule has 0 rings (SSSR count). The van der Waals surface area contributed by atoms with Gasteiger partial charge in [0.05, 0.1) is 13.2 Å². The van der Waals surface area contributed by atoms with Crippen molar-refractivity contribution in [3.8, 4) is 0 Å². The zero-order chi connectivity index (χ0) is 19.9. The molecule has 9 heteroatoms. The third-order valence-corrected chi connectivity index (χ3v) is 3.11. The summed E-state index contributed by atoms with van der Waals surface area (Å²) in [5, 5.41) is 1.95. The molecule has 146 valence electrons. The van der Waals surface area contributed by atoms with E-state index in [0.29, 0.717) is 6.42 Å². The van der Waals surface area contributed by atoms with Crippen LogP contribution in [-0.2, 0) is 19.2 Å². The highest BCUT2D eigenvalue weighted by Crippen LogP contribution is 2.15. The number of nitrogens with zero attached hydrogens (tertiary/aromatic N) is 2. The van der Waals surface area contributed by atoms with Crippen LogP contribution in [0.25, 0.3) is 0 Å². The van der Waals surface area contributed by atoms with Gasteiger partial charge in [-0.2, -0.15) is 0 Å². The smallest absolute Gasteiger partial charge is 0.426 e. The van der Waals surface area contributed by atoms with Crippen LogP contribution in [-0.4, -0.2) is 59.8 Å². The fraction of sp³-hybridized carbons (Fsp3) is 0.812. The summed E-state index contributed by atoms with van der Waals surface area (Å²) in [6.45, 7) is 10.4. The lowest BCUT2D eigenvalue weighted by Crippen LogP contribution is -2.61. The van der Waals surface area contributed by atoms with Crippen molar-refractivity contribution in [1.82, 2.24) is 15.5 Å². The zero-order valence-electron chi connectivity index (χ0n) is 16.5. The lowest BCUT2D eigenvalue weighted by atomic mass is 10.0. The predicted octanol–water partition coefficient (Wildman–Crippen LogP) is 1.04. The van der Waals surface area contributed by atoms with Crippen LogP contribution in [0.1, 0.15) is 48.0 Å². The van der Waals surface area contributed by atoms with Gasteiger partial charge in [-0.25, -0.2) is 20.3 Å². The first kappa shape index (κ1) is 23.1. The molecule has 0 aromatic heterocycles. The van der Waals surface area contributed by atoms with Crippen LogP contribution in [0.3, 0.4) is 0 Å². The minimum atomic E-state index is -0.976. The summed E-state index contributed by atoms with van der Waals surface area (Å²) in [6.07, 6.45) is -0.538. The molecular formula is C16H32N4O5. The van der Waals surface area contributed by atoms with E-state index in [1.54, 1.807) is 20.8 Å². The van der Waals surface area contributed by atoms with E-state index in [1.165, 1.54) is 21.1 Å². The van der Waals surface area contributed by atoms with Crippen LogP contribution >= 0.6 is 0 Å². The Morgan fingerprint density at radius 2 is 1.64 bits per heavy atom. The standard InChI is InChI=1S/C16H32N4O5/c1-10(2)9-12(14(22)19(7)24-8)20(13(21)11(3)17)18-15(23)25-16(4,5)6/h10-12H,9,17H2,1-8H3,(H,18,23)/t11-,12-/m0/s1. The summed E-state index contributed by atoms with van der Waals surface area (Å²) in [7, 11) is 2.76. The minimum absolute atomic E-state index is 0.0722. The number of rotatable bonds is 6. The normalized spacial score (nSPS) is 13.8. The lowest BCUT2D eigenvalue weighted by molar-refractivity contribution is -0.178. The number of likely N-dealkylation sites (N-methyl/N-ethyl adjacent to an activating group) is 1. The zero-order valence-corrected chi connectivity index (χ0v) is 16.5. The van der Waals surface area contributed by atoms with Gasteiger partial charge in [-0.1, -0.05) is 13.8 Å². The van der Waals surface area contributed by atoms with E-state index in [0.717, 1.165) is 10.1 Å². The van der Waals surface area contributed by atoms with Crippen molar-refractivity contribution >= 4 is 17.9 Å². The van der Waals surface area contributed by atoms with Crippen LogP contribution in [0.4, 0.5) is 4.79 Å². The maximum atomic E-state index is 12.6. The molecule has 0 aliphatic carbocycles. The maximum Gasteiger partial charge on any atom is 0.426 e. The van der Waals surface area contributed by atoms with Crippen molar-refractivity contribution in [3.05, 3.63) is 0 Å². The highest BCUT2D eigenvalue weighted by atomic mass is 16.7. The molecule has 0 heterocycles. The maximum absolute atomic E-state index is 12.6. The summed E-state index contributed by atoms with van der Waals surface area (Å²) in [5.41, 5.74) is 7.28. The fourth-order valence-corrected chi connectivity index (χ4v) is 1.97. The predicted molar refractivity (Wildman–Crippen MR) is 92.9 cm³/mol. The summed E-state index contributed by atoms with van der Waals surface area (Å²) in [4.78, 5) is 42.2. The van der Waals surface area contributed by atoms with Gasteiger partial charge in [-0.3, -0.25) is 14.4 Å². The molecule has 3 amide bonds. The van der Waals surface area contributed by atoms with Crippen molar-refractivity contribution in [2.45, 2.75) is 65.6 Å². The van der Waals surface area contributed by atoms with Crippen LogP contribution < -0.4 is 11.2 Å². The molecule has 0 unspecified atom stereocenters. The average Bonchev–Trinajstić information content (AvgIpc) is 2.46. The summed E-state index contributed by atoms with van der Waals surface area (Å²) < 4.78 is 5.18. The topological polar surface area (TPSA) is 114 Å². The lowest BCUT2D eigenvalue weighted by Gasteiger charge is -2.34. The van der Waals surface area contributed by atoms with E-state index in [-0.39, 0.29) is 5.92 Å². The molecular weight excluding hydrogens is 328 g/mol. The van der Waals surface area contributed by atoms with Gasteiger partial charge in [-0.05, 0) is 40.0 Å². The first-order valence-electron chi connectivity index (χ1n) is 8.20. The molecule has 2 atom stereocenters. The van der Waals surface area contributed by atoms with Crippen LogP contribution in [0, 0.1) is 5.92 Å². The summed E-state index contributed by atoms with van der Waals surface area (Å²) >= 11 is 0. The van der Waals surface area contributed by atoms with Gasteiger partial charge in [0.25, 0.3) is 11.8 Å². The van der Waals surface area contributed by atoms with Crippen molar-refractivity contribution < 1.29 is 24.0 Å². The van der Waals surface area contributed by atoms with Gasteiger partial charge in [0, 0.05) is 7.05 Å². The highest BCUT2D eigenvalue weighted by Gasteiger charge is 2.36. The molecule has 0 aliphatic rings. The van der Waals surface area contributed by atoms with Crippen molar-refractivity contribution in [1.29, 1.82) is 0 Å². The Kier molecular flexibility index (Phi) is 8.86. The largest absolute Gasteiger partial charge is 0.443 e. The first-order valence-corrected chi connectivity index (χ1v) is 8.20. The number of hydroxylamine groups is 2. The summed E-state index contributed by atoms with van der Waals surface area (Å²) in [6, 6.07) is -1.89. The SMILES string of the molecule is CON(C)C(=O)[C@H](CC(C)C)N(NC(=O)OC(C)(C)C)C(=O)[C@H](C)N.